The van der Waals surface area contributed by atoms with Gasteiger partial charge in [-0.2, -0.15) is 0 Å². The van der Waals surface area contributed by atoms with Crippen molar-refractivity contribution in [2.45, 2.75) is 5.88 Å². The molecule has 0 fully saturated rings. The van der Waals surface area contributed by atoms with E-state index in [4.69, 9.17) is 16.3 Å². The van der Waals surface area contributed by atoms with Crippen LogP contribution in [-0.2, 0) is 5.88 Å². The van der Waals surface area contributed by atoms with E-state index in [1.807, 2.05) is 18.2 Å². The van der Waals surface area contributed by atoms with Crippen LogP contribution in [0.25, 0.3) is 11.4 Å². The number of rotatable bonds is 3. The lowest BCUT2D eigenvalue weighted by atomic mass is 10.2. The normalized spacial score (nSPS) is 10.2. The lowest BCUT2D eigenvalue weighted by molar-refractivity contribution is 0.415. The fourth-order valence-corrected chi connectivity index (χ4v) is 1.62. The van der Waals surface area contributed by atoms with Crippen molar-refractivity contribution < 1.29 is 4.74 Å². The summed E-state index contributed by atoms with van der Waals surface area (Å²) < 4.78 is 5.12. The standard InChI is InChI=1S/C12H11ClN2O2/c1-17-10-4-2-3-8(5-10)12-14-9(7-13)6-11(16)15-12/h2-6H,7H2,1H3,(H,14,15,16). The van der Waals surface area contributed by atoms with Crippen molar-refractivity contribution in [1.82, 2.24) is 9.97 Å². The smallest absolute Gasteiger partial charge is 0.251 e. The average molecular weight is 251 g/mol. The molecule has 0 aliphatic heterocycles. The van der Waals surface area contributed by atoms with Crippen molar-refractivity contribution in [1.29, 1.82) is 0 Å². The largest absolute Gasteiger partial charge is 0.497 e. The number of aromatic amines is 1. The summed E-state index contributed by atoms with van der Waals surface area (Å²) in [5.41, 5.74) is 1.12. The molecule has 0 amide bonds. The molecule has 2 aromatic rings. The van der Waals surface area contributed by atoms with Crippen LogP contribution in [0.5, 0.6) is 5.75 Å². The summed E-state index contributed by atoms with van der Waals surface area (Å²) >= 11 is 5.68. The van der Waals surface area contributed by atoms with Gasteiger partial charge in [-0.1, -0.05) is 12.1 Å². The second-order valence-corrected chi connectivity index (χ2v) is 3.72. The maximum Gasteiger partial charge on any atom is 0.251 e. The molecule has 1 heterocycles. The van der Waals surface area contributed by atoms with Crippen LogP contribution in [0.15, 0.2) is 35.1 Å². The van der Waals surface area contributed by atoms with E-state index in [9.17, 15) is 4.79 Å². The summed E-state index contributed by atoms with van der Waals surface area (Å²) in [5, 5.41) is 0. The van der Waals surface area contributed by atoms with Gasteiger partial charge in [0, 0.05) is 11.6 Å². The van der Waals surface area contributed by atoms with Gasteiger partial charge in [0.05, 0.1) is 18.7 Å². The van der Waals surface area contributed by atoms with Gasteiger partial charge >= 0.3 is 0 Å². The number of halogens is 1. The number of benzene rings is 1. The van der Waals surface area contributed by atoms with Crippen LogP contribution in [0.2, 0.25) is 0 Å². The van der Waals surface area contributed by atoms with E-state index in [-0.39, 0.29) is 11.4 Å². The molecule has 1 N–H and O–H groups in total. The molecule has 4 nitrogen and oxygen atoms in total. The van der Waals surface area contributed by atoms with E-state index in [2.05, 4.69) is 9.97 Å². The molecule has 88 valence electrons. The fourth-order valence-electron chi connectivity index (χ4n) is 1.48. The Labute approximate surface area is 103 Å². The summed E-state index contributed by atoms with van der Waals surface area (Å²) in [6.45, 7) is 0. The van der Waals surface area contributed by atoms with E-state index in [0.29, 0.717) is 17.3 Å². The Morgan fingerprint density at radius 1 is 1.41 bits per heavy atom. The topological polar surface area (TPSA) is 55.0 Å². The van der Waals surface area contributed by atoms with Crippen molar-refractivity contribution in [2.24, 2.45) is 0 Å². The number of hydrogen-bond acceptors (Lipinski definition) is 3. The van der Waals surface area contributed by atoms with E-state index in [0.717, 1.165) is 5.56 Å². The quantitative estimate of drug-likeness (QED) is 0.850. The lowest BCUT2D eigenvalue weighted by Gasteiger charge is -2.04. The number of ether oxygens (including phenoxy) is 1. The first-order valence-electron chi connectivity index (χ1n) is 5.03. The predicted molar refractivity (Wildman–Crippen MR) is 66.4 cm³/mol. The molecule has 0 saturated carbocycles. The van der Waals surface area contributed by atoms with Crippen molar-refractivity contribution in [3.8, 4) is 17.1 Å². The zero-order valence-corrected chi connectivity index (χ0v) is 9.99. The maximum atomic E-state index is 11.4. The number of hydrogen-bond donors (Lipinski definition) is 1. The van der Waals surface area contributed by atoms with Gasteiger partial charge in [-0.05, 0) is 12.1 Å². The summed E-state index contributed by atoms with van der Waals surface area (Å²) in [5.74, 6) is 1.41. The number of nitrogens with zero attached hydrogens (tertiary/aromatic N) is 1. The fraction of sp³-hybridized carbons (Fsp3) is 0.167. The number of alkyl halides is 1. The van der Waals surface area contributed by atoms with Gasteiger partial charge in [0.1, 0.15) is 11.6 Å². The Balaban J connectivity index is 2.51. The first-order valence-corrected chi connectivity index (χ1v) is 5.57. The molecule has 1 aromatic carbocycles. The predicted octanol–water partition coefficient (Wildman–Crippen LogP) is 2.18. The third-order valence-corrected chi connectivity index (χ3v) is 2.55. The van der Waals surface area contributed by atoms with Crippen LogP contribution in [0, 0.1) is 0 Å². The van der Waals surface area contributed by atoms with Crippen LogP contribution < -0.4 is 10.3 Å². The average Bonchev–Trinajstić information content (AvgIpc) is 2.38. The highest BCUT2D eigenvalue weighted by Gasteiger charge is 2.04. The van der Waals surface area contributed by atoms with Crippen molar-refractivity contribution in [3.63, 3.8) is 0 Å². The molecular formula is C12H11ClN2O2. The van der Waals surface area contributed by atoms with Gasteiger partial charge in [-0.3, -0.25) is 4.79 Å². The summed E-state index contributed by atoms with van der Waals surface area (Å²) in [4.78, 5) is 18.3. The van der Waals surface area contributed by atoms with Crippen molar-refractivity contribution in [3.05, 3.63) is 46.4 Å². The number of H-pyrrole nitrogens is 1. The summed E-state index contributed by atoms with van der Waals surface area (Å²) in [6.07, 6.45) is 0. The Morgan fingerprint density at radius 2 is 2.24 bits per heavy atom. The number of methoxy groups -OCH3 is 1. The second-order valence-electron chi connectivity index (χ2n) is 3.45. The van der Waals surface area contributed by atoms with Crippen molar-refractivity contribution >= 4 is 11.6 Å². The van der Waals surface area contributed by atoms with Gasteiger partial charge < -0.3 is 9.72 Å². The van der Waals surface area contributed by atoms with Gasteiger partial charge in [0.15, 0.2) is 0 Å². The molecule has 0 bridgehead atoms. The van der Waals surface area contributed by atoms with Gasteiger partial charge in [-0.15, -0.1) is 11.6 Å². The highest BCUT2D eigenvalue weighted by Crippen LogP contribution is 2.20. The first-order chi connectivity index (χ1) is 8.22. The van der Waals surface area contributed by atoms with Gasteiger partial charge in [-0.25, -0.2) is 4.98 Å². The van der Waals surface area contributed by atoms with Crippen LogP contribution in [-0.4, -0.2) is 17.1 Å². The van der Waals surface area contributed by atoms with E-state index >= 15 is 0 Å². The van der Waals surface area contributed by atoms with E-state index < -0.39 is 0 Å². The Hall–Kier alpha value is -1.81. The van der Waals surface area contributed by atoms with Crippen LogP contribution in [0.4, 0.5) is 0 Å². The third kappa shape index (κ3) is 2.65. The highest BCUT2D eigenvalue weighted by atomic mass is 35.5. The summed E-state index contributed by atoms with van der Waals surface area (Å²) in [7, 11) is 1.59. The molecule has 5 heteroatoms. The first kappa shape index (κ1) is 11.7. The van der Waals surface area contributed by atoms with Gasteiger partial charge in [0.2, 0.25) is 0 Å². The molecule has 2 rings (SSSR count). The molecule has 1 aromatic heterocycles. The lowest BCUT2D eigenvalue weighted by Crippen LogP contribution is -2.09. The molecule has 0 saturated heterocycles. The maximum absolute atomic E-state index is 11.4. The zero-order chi connectivity index (χ0) is 12.3. The van der Waals surface area contributed by atoms with Crippen LogP contribution in [0.1, 0.15) is 5.69 Å². The third-order valence-electron chi connectivity index (χ3n) is 2.27. The molecule has 0 spiro atoms. The highest BCUT2D eigenvalue weighted by molar-refractivity contribution is 6.16. The molecule has 0 unspecified atom stereocenters. The minimum absolute atomic E-state index is 0.209. The summed E-state index contributed by atoms with van der Waals surface area (Å²) in [6, 6.07) is 8.69. The monoisotopic (exact) mass is 250 g/mol. The molecule has 0 aliphatic carbocycles. The second kappa shape index (κ2) is 5.01. The Bertz CT molecular complexity index is 581. The van der Waals surface area contributed by atoms with Gasteiger partial charge in [0.25, 0.3) is 5.56 Å². The SMILES string of the molecule is COc1cccc(-c2nc(CCl)cc(=O)[nH]2)c1. The number of nitrogens with one attached hydrogen (secondary N) is 1. The molecule has 17 heavy (non-hydrogen) atoms. The Kier molecular flexibility index (Phi) is 3.44. The minimum atomic E-state index is -0.214. The van der Waals surface area contributed by atoms with Crippen LogP contribution in [0.3, 0.4) is 0 Å². The van der Waals surface area contributed by atoms with Crippen LogP contribution >= 0.6 is 11.6 Å². The molecule has 0 atom stereocenters. The molecule has 0 radical (unpaired) electrons. The number of aromatic nitrogens is 2. The van der Waals surface area contributed by atoms with Crippen molar-refractivity contribution in [2.75, 3.05) is 7.11 Å². The van der Waals surface area contributed by atoms with E-state index in [1.54, 1.807) is 13.2 Å². The Morgan fingerprint density at radius 3 is 2.94 bits per heavy atom. The zero-order valence-electron chi connectivity index (χ0n) is 9.24. The molecule has 0 aliphatic rings. The minimum Gasteiger partial charge on any atom is -0.497 e. The van der Waals surface area contributed by atoms with E-state index in [1.165, 1.54) is 6.07 Å². The molecular weight excluding hydrogens is 240 g/mol.